The van der Waals surface area contributed by atoms with Gasteiger partial charge in [-0.3, -0.25) is 0 Å². The van der Waals surface area contributed by atoms with Crippen molar-refractivity contribution in [2.75, 3.05) is 0 Å². The molecule has 0 amide bonds. The van der Waals surface area contributed by atoms with Crippen LogP contribution in [0.4, 0.5) is 0 Å². The van der Waals surface area contributed by atoms with Crippen molar-refractivity contribution in [3.63, 3.8) is 0 Å². The second-order valence-corrected chi connectivity index (χ2v) is 10.8. The number of hydrogen-bond donors (Lipinski definition) is 1. The zero-order chi connectivity index (χ0) is 23.5. The van der Waals surface area contributed by atoms with Crippen LogP contribution in [0.2, 0.25) is 0 Å². The van der Waals surface area contributed by atoms with Crippen LogP contribution < -0.4 is 10.9 Å². The molecule has 1 aliphatic heterocycles. The average Bonchev–Trinajstić information content (AvgIpc) is 2.90. The summed E-state index contributed by atoms with van der Waals surface area (Å²) in [6, 6.07) is 16.6. The highest BCUT2D eigenvalue weighted by atomic mass is 16.7. The fourth-order valence-corrected chi connectivity index (χ4v) is 3.89. The molecule has 1 aliphatic rings. The summed E-state index contributed by atoms with van der Waals surface area (Å²) >= 11 is 0. The van der Waals surface area contributed by atoms with E-state index in [-0.39, 0.29) is 0 Å². The Morgan fingerprint density at radius 1 is 0.781 bits per heavy atom. The maximum Gasteiger partial charge on any atom is 0.496 e. The first-order valence-corrected chi connectivity index (χ1v) is 11.3. The van der Waals surface area contributed by atoms with Crippen molar-refractivity contribution in [1.82, 2.24) is 0 Å². The minimum atomic E-state index is -1.00. The molecule has 0 aliphatic carbocycles. The van der Waals surface area contributed by atoms with Crippen LogP contribution in [0.3, 0.4) is 0 Å². The summed E-state index contributed by atoms with van der Waals surface area (Å²) < 4.78 is 19.1. The van der Waals surface area contributed by atoms with E-state index in [9.17, 15) is 5.11 Å². The van der Waals surface area contributed by atoms with Gasteiger partial charge in [-0.25, -0.2) is 0 Å². The van der Waals surface area contributed by atoms with E-state index in [4.69, 9.17) is 14.0 Å². The second-order valence-electron chi connectivity index (χ2n) is 10.8. The molecule has 6 heteroatoms. The lowest BCUT2D eigenvalue weighted by molar-refractivity contribution is -0.0892. The maximum atomic E-state index is 10.6. The Hall–Kier alpha value is -1.85. The van der Waals surface area contributed by atoms with Gasteiger partial charge in [0.2, 0.25) is 0 Å². The SMILES string of the molecule is CC(C)(O)C(C)(C)O[B]c1c2ccccc2c(B2OC(C)(C)C(C)(C)O2)c2ccccc12. The van der Waals surface area contributed by atoms with Crippen molar-refractivity contribution in [2.45, 2.75) is 77.8 Å². The van der Waals surface area contributed by atoms with E-state index in [1.807, 2.05) is 38.1 Å². The molecule has 0 unspecified atom stereocenters. The first-order valence-electron chi connectivity index (χ1n) is 11.3. The Balaban J connectivity index is 1.91. The molecule has 1 fully saturated rings. The highest BCUT2D eigenvalue weighted by molar-refractivity contribution is 6.70. The maximum absolute atomic E-state index is 10.6. The van der Waals surface area contributed by atoms with Crippen LogP contribution in [0.25, 0.3) is 21.5 Å². The fourth-order valence-electron chi connectivity index (χ4n) is 3.89. The van der Waals surface area contributed by atoms with Crippen molar-refractivity contribution in [1.29, 1.82) is 0 Å². The average molecular weight is 431 g/mol. The molecule has 0 spiro atoms. The molecular formula is C26H33B2O4. The molecule has 4 nitrogen and oxygen atoms in total. The van der Waals surface area contributed by atoms with Gasteiger partial charge in [0.1, 0.15) is 0 Å². The van der Waals surface area contributed by atoms with Gasteiger partial charge in [-0.05, 0) is 87.9 Å². The lowest BCUT2D eigenvalue weighted by atomic mass is 9.68. The van der Waals surface area contributed by atoms with Gasteiger partial charge in [-0.2, -0.15) is 0 Å². The third kappa shape index (κ3) is 3.77. The third-order valence-corrected chi connectivity index (χ3v) is 7.45. The number of hydrogen-bond acceptors (Lipinski definition) is 4. The van der Waals surface area contributed by atoms with E-state index in [0.717, 1.165) is 32.5 Å². The summed E-state index contributed by atoms with van der Waals surface area (Å²) in [6.45, 7) is 15.6. The molecule has 1 heterocycles. The van der Waals surface area contributed by atoms with Crippen molar-refractivity contribution >= 4 is 47.1 Å². The minimum Gasteiger partial charge on any atom is -0.427 e. The molecule has 1 N–H and O–H groups in total. The highest BCUT2D eigenvalue weighted by Gasteiger charge is 2.52. The Kier molecular flexibility index (Phi) is 5.53. The van der Waals surface area contributed by atoms with Crippen LogP contribution in [0.15, 0.2) is 48.5 Å². The summed E-state index contributed by atoms with van der Waals surface area (Å²) in [5.41, 5.74) is -0.602. The van der Waals surface area contributed by atoms with E-state index in [1.165, 1.54) is 0 Å². The van der Waals surface area contributed by atoms with Gasteiger partial charge >= 0.3 is 14.6 Å². The topological polar surface area (TPSA) is 47.9 Å². The van der Waals surface area contributed by atoms with Gasteiger partial charge in [-0.15, -0.1) is 0 Å². The Labute approximate surface area is 192 Å². The van der Waals surface area contributed by atoms with Gasteiger partial charge in [0.15, 0.2) is 0 Å². The third-order valence-electron chi connectivity index (χ3n) is 7.45. The first-order chi connectivity index (χ1) is 14.8. The van der Waals surface area contributed by atoms with Gasteiger partial charge in [0, 0.05) is 0 Å². The van der Waals surface area contributed by atoms with Gasteiger partial charge in [0.25, 0.3) is 0 Å². The van der Waals surface area contributed by atoms with Crippen molar-refractivity contribution < 1.29 is 19.1 Å². The van der Waals surface area contributed by atoms with E-state index in [2.05, 4.69) is 52.0 Å². The molecular weight excluding hydrogens is 398 g/mol. The van der Waals surface area contributed by atoms with Crippen molar-refractivity contribution in [3.05, 3.63) is 48.5 Å². The monoisotopic (exact) mass is 431 g/mol. The van der Waals surface area contributed by atoms with E-state index in [1.54, 1.807) is 21.3 Å². The van der Waals surface area contributed by atoms with Crippen LogP contribution in [-0.2, 0) is 14.0 Å². The van der Waals surface area contributed by atoms with Gasteiger partial charge in [0.05, 0.1) is 22.4 Å². The summed E-state index contributed by atoms with van der Waals surface area (Å²) in [5, 5.41) is 14.8. The minimum absolute atomic E-state index is 0.426. The van der Waals surface area contributed by atoms with Crippen LogP contribution >= 0.6 is 0 Å². The molecule has 0 aromatic heterocycles. The number of rotatable bonds is 5. The lowest BCUT2D eigenvalue weighted by Gasteiger charge is -2.37. The zero-order valence-electron chi connectivity index (χ0n) is 20.4. The van der Waals surface area contributed by atoms with Crippen LogP contribution in [0, 0.1) is 0 Å². The van der Waals surface area contributed by atoms with E-state index >= 15 is 0 Å². The predicted molar refractivity (Wildman–Crippen MR) is 134 cm³/mol. The highest BCUT2D eigenvalue weighted by Crippen LogP contribution is 2.38. The Bertz CT molecular complexity index is 1090. The molecule has 3 aromatic rings. The zero-order valence-corrected chi connectivity index (χ0v) is 20.4. The smallest absolute Gasteiger partial charge is 0.427 e. The number of fused-ring (bicyclic) bond motifs is 2. The van der Waals surface area contributed by atoms with Crippen LogP contribution in [-0.4, -0.2) is 42.1 Å². The van der Waals surface area contributed by atoms with Gasteiger partial charge in [-0.1, -0.05) is 48.5 Å². The largest absolute Gasteiger partial charge is 0.496 e. The summed E-state index contributed by atoms with van der Waals surface area (Å²) in [6.07, 6.45) is 0. The molecule has 1 radical (unpaired) electrons. The van der Waals surface area contributed by atoms with Crippen molar-refractivity contribution in [2.24, 2.45) is 0 Å². The van der Waals surface area contributed by atoms with E-state index in [0.29, 0.717) is 0 Å². The quantitative estimate of drug-likeness (QED) is 0.488. The lowest BCUT2D eigenvalue weighted by Crippen LogP contribution is -2.49. The normalized spacial score (nSPS) is 18.5. The van der Waals surface area contributed by atoms with Crippen molar-refractivity contribution in [3.8, 4) is 0 Å². The molecule has 0 saturated carbocycles. The summed E-state index contributed by atoms with van der Waals surface area (Å²) in [4.78, 5) is 0. The molecule has 167 valence electrons. The van der Waals surface area contributed by atoms with Crippen LogP contribution in [0.5, 0.6) is 0 Å². The summed E-state index contributed by atoms with van der Waals surface area (Å²) in [7, 11) is 1.31. The number of benzene rings is 3. The number of aliphatic hydroxyl groups is 1. The van der Waals surface area contributed by atoms with E-state index < -0.39 is 29.5 Å². The molecule has 32 heavy (non-hydrogen) atoms. The predicted octanol–water partition coefficient (Wildman–Crippen LogP) is 4.10. The summed E-state index contributed by atoms with van der Waals surface area (Å²) in [5.74, 6) is 0. The Morgan fingerprint density at radius 3 is 1.59 bits per heavy atom. The molecule has 1 saturated heterocycles. The first kappa shape index (κ1) is 23.3. The fraction of sp³-hybridized carbons (Fsp3) is 0.462. The Morgan fingerprint density at radius 2 is 1.19 bits per heavy atom. The molecule has 0 bridgehead atoms. The second kappa shape index (κ2) is 7.59. The van der Waals surface area contributed by atoms with Crippen LogP contribution in [0.1, 0.15) is 55.4 Å². The molecule has 3 aromatic carbocycles. The molecule has 4 rings (SSSR count). The van der Waals surface area contributed by atoms with Gasteiger partial charge < -0.3 is 19.1 Å². The standard InChI is InChI=1S/C26H33B2O4/c1-23(2,29)24(3,4)30-27-21-17-13-9-11-15-19(17)22(20-16-12-10-14-18(20)21)28-31-25(5,6)26(7,8)32-28/h9-16,29H,1-8H3. The molecule has 0 atom stereocenters.